The van der Waals surface area contributed by atoms with Gasteiger partial charge in [-0.25, -0.2) is 5.43 Å². The molecule has 0 heterocycles. The molecular weight excluding hydrogens is 236 g/mol. The average molecular weight is 252 g/mol. The van der Waals surface area contributed by atoms with Crippen molar-refractivity contribution in [3.05, 3.63) is 70.8 Å². The number of nitrogens with one attached hydrogen (secondary N) is 1. The Morgan fingerprint density at radius 1 is 0.947 bits per heavy atom. The van der Waals surface area contributed by atoms with Crippen molar-refractivity contribution in [3.8, 4) is 0 Å². The van der Waals surface area contributed by atoms with Gasteiger partial charge >= 0.3 is 0 Å². The molecule has 1 amide bonds. The first-order valence-electron chi connectivity index (χ1n) is 6.12. The lowest BCUT2D eigenvalue weighted by atomic mass is 10.1. The topological polar surface area (TPSA) is 41.5 Å². The van der Waals surface area contributed by atoms with E-state index in [0.717, 1.165) is 11.1 Å². The summed E-state index contributed by atoms with van der Waals surface area (Å²) >= 11 is 0. The molecule has 0 spiro atoms. The summed E-state index contributed by atoms with van der Waals surface area (Å²) in [6.45, 7) is 4.01. The highest BCUT2D eigenvalue weighted by molar-refractivity contribution is 5.94. The van der Waals surface area contributed by atoms with E-state index in [9.17, 15) is 4.79 Å². The summed E-state index contributed by atoms with van der Waals surface area (Å²) in [5.41, 5.74) is 6.39. The van der Waals surface area contributed by atoms with Crippen LogP contribution in [0.2, 0.25) is 0 Å². The van der Waals surface area contributed by atoms with Gasteiger partial charge in [-0.1, -0.05) is 47.5 Å². The molecule has 1 N–H and O–H groups in total. The fourth-order valence-corrected chi connectivity index (χ4v) is 1.59. The molecule has 0 aliphatic heterocycles. The van der Waals surface area contributed by atoms with Crippen LogP contribution in [0.25, 0.3) is 0 Å². The quantitative estimate of drug-likeness (QED) is 0.662. The lowest BCUT2D eigenvalue weighted by Crippen LogP contribution is -2.17. The lowest BCUT2D eigenvalue weighted by Gasteiger charge is -2.00. The molecule has 0 unspecified atom stereocenters. The summed E-state index contributed by atoms with van der Waals surface area (Å²) in [6.07, 6.45) is 1.63. The van der Waals surface area contributed by atoms with E-state index in [1.165, 1.54) is 5.56 Å². The Hall–Kier alpha value is -2.42. The second kappa shape index (κ2) is 5.96. The fourth-order valence-electron chi connectivity index (χ4n) is 1.59. The lowest BCUT2D eigenvalue weighted by molar-refractivity contribution is 0.0955. The number of aryl methyl sites for hydroxylation is 2. The van der Waals surface area contributed by atoms with E-state index in [2.05, 4.69) is 10.5 Å². The summed E-state index contributed by atoms with van der Waals surface area (Å²) in [4.78, 5) is 11.8. The van der Waals surface area contributed by atoms with Crippen molar-refractivity contribution >= 4 is 12.1 Å². The van der Waals surface area contributed by atoms with Crippen LogP contribution in [0.4, 0.5) is 0 Å². The number of hydrogen-bond acceptors (Lipinski definition) is 2. The van der Waals surface area contributed by atoms with Crippen molar-refractivity contribution in [3.63, 3.8) is 0 Å². The zero-order valence-corrected chi connectivity index (χ0v) is 11.1. The predicted octanol–water partition coefficient (Wildman–Crippen LogP) is 3.07. The first-order chi connectivity index (χ1) is 9.15. The Balaban J connectivity index is 1.96. The molecule has 2 aromatic rings. The minimum Gasteiger partial charge on any atom is -0.267 e. The molecule has 0 aliphatic rings. The van der Waals surface area contributed by atoms with Gasteiger partial charge in [-0.05, 0) is 31.5 Å². The summed E-state index contributed by atoms with van der Waals surface area (Å²) in [7, 11) is 0. The van der Waals surface area contributed by atoms with Crippen LogP contribution in [-0.2, 0) is 0 Å². The monoisotopic (exact) mass is 252 g/mol. The Labute approximate surface area is 113 Å². The molecule has 0 saturated carbocycles. The molecule has 3 nitrogen and oxygen atoms in total. The first kappa shape index (κ1) is 13.0. The van der Waals surface area contributed by atoms with Gasteiger partial charge in [-0.2, -0.15) is 5.10 Å². The fraction of sp³-hybridized carbons (Fsp3) is 0.125. The Kier molecular flexibility index (Phi) is 4.08. The van der Waals surface area contributed by atoms with E-state index >= 15 is 0 Å². The van der Waals surface area contributed by atoms with E-state index in [-0.39, 0.29) is 5.91 Å². The van der Waals surface area contributed by atoms with Gasteiger partial charge in [0.15, 0.2) is 0 Å². The maximum atomic E-state index is 11.8. The number of nitrogens with zero attached hydrogens (tertiary/aromatic N) is 1. The van der Waals surface area contributed by atoms with E-state index < -0.39 is 0 Å². The molecule has 96 valence electrons. The highest BCUT2D eigenvalue weighted by Crippen LogP contribution is 2.03. The molecule has 2 rings (SSSR count). The van der Waals surface area contributed by atoms with Gasteiger partial charge in [0.1, 0.15) is 0 Å². The Morgan fingerprint density at radius 3 is 2.05 bits per heavy atom. The van der Waals surface area contributed by atoms with Gasteiger partial charge in [-0.15, -0.1) is 0 Å². The zero-order valence-electron chi connectivity index (χ0n) is 11.1. The van der Waals surface area contributed by atoms with Gasteiger partial charge < -0.3 is 0 Å². The van der Waals surface area contributed by atoms with Crippen molar-refractivity contribution in [2.24, 2.45) is 5.10 Å². The van der Waals surface area contributed by atoms with Crippen LogP contribution in [-0.4, -0.2) is 12.1 Å². The third kappa shape index (κ3) is 3.78. The predicted molar refractivity (Wildman–Crippen MR) is 77.4 cm³/mol. The molecule has 0 atom stereocenters. The molecule has 3 heteroatoms. The summed E-state index contributed by atoms with van der Waals surface area (Å²) in [6, 6.07) is 15.3. The van der Waals surface area contributed by atoms with Gasteiger partial charge in [0.25, 0.3) is 5.91 Å². The first-order valence-corrected chi connectivity index (χ1v) is 6.12. The van der Waals surface area contributed by atoms with Crippen molar-refractivity contribution in [2.45, 2.75) is 13.8 Å². The van der Waals surface area contributed by atoms with E-state index in [0.29, 0.717) is 5.56 Å². The molecule has 0 saturated heterocycles. The van der Waals surface area contributed by atoms with E-state index in [1.807, 2.05) is 50.2 Å². The van der Waals surface area contributed by atoms with Crippen LogP contribution in [0.3, 0.4) is 0 Å². The number of carbonyl (C=O) groups excluding carboxylic acids is 1. The maximum absolute atomic E-state index is 11.8. The van der Waals surface area contributed by atoms with Gasteiger partial charge in [0, 0.05) is 5.56 Å². The molecule has 0 aliphatic carbocycles. The number of benzene rings is 2. The van der Waals surface area contributed by atoms with Gasteiger partial charge in [0.2, 0.25) is 0 Å². The minimum atomic E-state index is -0.205. The summed E-state index contributed by atoms with van der Waals surface area (Å²) in [5.74, 6) is -0.205. The van der Waals surface area contributed by atoms with Crippen LogP contribution in [0.1, 0.15) is 27.0 Å². The third-order valence-electron chi connectivity index (χ3n) is 2.77. The number of amides is 1. The standard InChI is InChI=1S/C16H16N2O/c1-12-3-7-14(8-4-12)11-17-18-16(19)15-9-5-13(2)6-10-15/h3-11H,1-2H3,(H,18,19)/b17-11+. The number of hydrazone groups is 1. The molecule has 0 fully saturated rings. The van der Waals surface area contributed by atoms with Crippen LogP contribution >= 0.6 is 0 Å². The maximum Gasteiger partial charge on any atom is 0.271 e. The number of hydrogen-bond donors (Lipinski definition) is 1. The zero-order chi connectivity index (χ0) is 13.7. The normalized spacial score (nSPS) is 10.6. The second-order valence-corrected chi connectivity index (χ2v) is 4.48. The van der Waals surface area contributed by atoms with Crippen LogP contribution < -0.4 is 5.43 Å². The van der Waals surface area contributed by atoms with Crippen LogP contribution in [0.15, 0.2) is 53.6 Å². The van der Waals surface area contributed by atoms with Crippen molar-refractivity contribution < 1.29 is 4.79 Å². The largest absolute Gasteiger partial charge is 0.271 e. The third-order valence-corrected chi connectivity index (χ3v) is 2.77. The molecule has 0 radical (unpaired) electrons. The molecule has 0 aromatic heterocycles. The number of carbonyl (C=O) groups is 1. The second-order valence-electron chi connectivity index (χ2n) is 4.48. The molecular formula is C16H16N2O. The smallest absolute Gasteiger partial charge is 0.267 e. The molecule has 0 bridgehead atoms. The van der Waals surface area contributed by atoms with Crippen molar-refractivity contribution in [1.82, 2.24) is 5.43 Å². The van der Waals surface area contributed by atoms with Gasteiger partial charge in [-0.3, -0.25) is 4.79 Å². The summed E-state index contributed by atoms with van der Waals surface area (Å²) in [5, 5.41) is 3.95. The van der Waals surface area contributed by atoms with Crippen molar-refractivity contribution in [1.29, 1.82) is 0 Å². The van der Waals surface area contributed by atoms with Crippen molar-refractivity contribution in [2.75, 3.05) is 0 Å². The van der Waals surface area contributed by atoms with E-state index in [4.69, 9.17) is 0 Å². The highest BCUT2D eigenvalue weighted by Gasteiger charge is 2.02. The Bertz CT molecular complexity index is 583. The molecule has 19 heavy (non-hydrogen) atoms. The summed E-state index contributed by atoms with van der Waals surface area (Å²) < 4.78 is 0. The van der Waals surface area contributed by atoms with Gasteiger partial charge in [0.05, 0.1) is 6.21 Å². The Morgan fingerprint density at radius 2 is 1.47 bits per heavy atom. The highest BCUT2D eigenvalue weighted by atomic mass is 16.2. The van der Waals surface area contributed by atoms with Crippen LogP contribution in [0.5, 0.6) is 0 Å². The average Bonchev–Trinajstić information content (AvgIpc) is 2.41. The minimum absolute atomic E-state index is 0.205. The van der Waals surface area contributed by atoms with Crippen LogP contribution in [0, 0.1) is 13.8 Å². The SMILES string of the molecule is Cc1ccc(/C=N/NC(=O)c2ccc(C)cc2)cc1. The molecule has 2 aromatic carbocycles. The number of rotatable bonds is 3. The van der Waals surface area contributed by atoms with E-state index in [1.54, 1.807) is 18.3 Å².